The van der Waals surface area contributed by atoms with E-state index >= 15 is 0 Å². The van der Waals surface area contributed by atoms with Gasteiger partial charge in [-0.05, 0) is 23.6 Å². The Bertz CT molecular complexity index is 565. The Labute approximate surface area is 112 Å². The summed E-state index contributed by atoms with van der Waals surface area (Å²) in [6.07, 6.45) is 1.57. The minimum Gasteiger partial charge on any atom is -0.303 e. The van der Waals surface area contributed by atoms with Gasteiger partial charge in [0, 0.05) is 11.8 Å². The number of thiazole rings is 1. The van der Waals surface area contributed by atoms with Crippen molar-refractivity contribution in [3.05, 3.63) is 28.8 Å². The van der Waals surface area contributed by atoms with Crippen LogP contribution in [0.25, 0.3) is 10.2 Å². The van der Waals surface area contributed by atoms with Crippen LogP contribution in [0.1, 0.15) is 50.6 Å². The molecule has 0 radical (unpaired) electrons. The predicted molar refractivity (Wildman–Crippen MR) is 77.4 cm³/mol. The van der Waals surface area contributed by atoms with Crippen molar-refractivity contribution in [1.29, 1.82) is 0 Å². The zero-order valence-electron chi connectivity index (χ0n) is 11.4. The molecule has 0 aliphatic rings. The third-order valence-electron chi connectivity index (χ3n) is 3.07. The van der Waals surface area contributed by atoms with Gasteiger partial charge < -0.3 is 4.79 Å². The van der Waals surface area contributed by atoms with Crippen LogP contribution in [0.5, 0.6) is 0 Å². The Balaban J connectivity index is 2.42. The SMILES string of the molecule is CC(CC=O)c1ccc2nc(C(C)(C)C)sc2c1. The van der Waals surface area contributed by atoms with Crippen LogP contribution in [-0.4, -0.2) is 11.3 Å². The molecule has 1 aromatic heterocycles. The Morgan fingerprint density at radius 3 is 2.72 bits per heavy atom. The molecular weight excluding hydrogens is 242 g/mol. The van der Waals surface area contributed by atoms with Crippen LogP contribution in [0.2, 0.25) is 0 Å². The fraction of sp³-hybridized carbons (Fsp3) is 0.467. The van der Waals surface area contributed by atoms with Crippen molar-refractivity contribution in [3.8, 4) is 0 Å². The van der Waals surface area contributed by atoms with E-state index in [-0.39, 0.29) is 11.3 Å². The largest absolute Gasteiger partial charge is 0.303 e. The zero-order chi connectivity index (χ0) is 13.3. The molecule has 1 unspecified atom stereocenters. The fourth-order valence-electron chi connectivity index (χ4n) is 1.85. The first kappa shape index (κ1) is 13.2. The lowest BCUT2D eigenvalue weighted by Crippen LogP contribution is -2.09. The molecule has 96 valence electrons. The third-order valence-corrected chi connectivity index (χ3v) is 4.52. The summed E-state index contributed by atoms with van der Waals surface area (Å²) < 4.78 is 1.22. The number of nitrogens with zero attached hydrogens (tertiary/aromatic N) is 1. The van der Waals surface area contributed by atoms with Crippen molar-refractivity contribution >= 4 is 27.8 Å². The highest BCUT2D eigenvalue weighted by molar-refractivity contribution is 7.18. The first-order chi connectivity index (χ1) is 8.41. The quantitative estimate of drug-likeness (QED) is 0.772. The average Bonchev–Trinajstić information content (AvgIpc) is 2.71. The summed E-state index contributed by atoms with van der Waals surface area (Å²) in [5.74, 6) is 0.284. The first-order valence-electron chi connectivity index (χ1n) is 6.26. The molecule has 0 aliphatic heterocycles. The number of carbonyl (C=O) groups is 1. The highest BCUT2D eigenvalue weighted by Gasteiger charge is 2.19. The smallest absolute Gasteiger partial charge is 0.120 e. The second-order valence-corrected chi connectivity index (χ2v) is 6.83. The topological polar surface area (TPSA) is 30.0 Å². The number of hydrogen-bond acceptors (Lipinski definition) is 3. The van der Waals surface area contributed by atoms with Gasteiger partial charge in [0.15, 0.2) is 0 Å². The van der Waals surface area contributed by atoms with Gasteiger partial charge in [-0.2, -0.15) is 0 Å². The molecule has 2 aromatic rings. The molecule has 0 N–H and O–H groups in total. The average molecular weight is 261 g/mol. The van der Waals surface area contributed by atoms with E-state index in [1.165, 1.54) is 10.3 Å². The third kappa shape index (κ3) is 2.61. The van der Waals surface area contributed by atoms with Gasteiger partial charge in [-0.25, -0.2) is 4.98 Å². The summed E-state index contributed by atoms with van der Waals surface area (Å²) in [4.78, 5) is 15.3. The van der Waals surface area contributed by atoms with Crippen LogP contribution >= 0.6 is 11.3 Å². The maximum Gasteiger partial charge on any atom is 0.120 e. The van der Waals surface area contributed by atoms with E-state index in [9.17, 15) is 4.79 Å². The molecule has 0 amide bonds. The number of hydrogen-bond donors (Lipinski definition) is 0. The van der Waals surface area contributed by atoms with Crippen LogP contribution < -0.4 is 0 Å². The molecular formula is C15H19NOS. The Morgan fingerprint density at radius 1 is 1.39 bits per heavy atom. The van der Waals surface area contributed by atoms with E-state index in [0.717, 1.165) is 16.8 Å². The molecule has 0 saturated carbocycles. The Kier molecular flexibility index (Phi) is 3.53. The van der Waals surface area contributed by atoms with E-state index in [1.807, 2.05) is 0 Å². The summed E-state index contributed by atoms with van der Waals surface area (Å²) in [6.45, 7) is 8.63. The van der Waals surface area contributed by atoms with E-state index in [1.54, 1.807) is 11.3 Å². The lowest BCUT2D eigenvalue weighted by Gasteiger charge is -2.13. The van der Waals surface area contributed by atoms with Gasteiger partial charge in [0.25, 0.3) is 0 Å². The molecule has 2 nitrogen and oxygen atoms in total. The maximum absolute atomic E-state index is 10.6. The first-order valence-corrected chi connectivity index (χ1v) is 7.08. The van der Waals surface area contributed by atoms with E-state index < -0.39 is 0 Å². The molecule has 0 fully saturated rings. The normalized spacial score (nSPS) is 13.8. The van der Waals surface area contributed by atoms with Gasteiger partial charge in [0.2, 0.25) is 0 Å². The monoisotopic (exact) mass is 261 g/mol. The summed E-state index contributed by atoms with van der Waals surface area (Å²) in [5.41, 5.74) is 2.38. The van der Waals surface area contributed by atoms with Gasteiger partial charge in [-0.3, -0.25) is 0 Å². The van der Waals surface area contributed by atoms with Crippen molar-refractivity contribution in [2.45, 2.75) is 45.4 Å². The molecule has 0 saturated heterocycles. The van der Waals surface area contributed by atoms with E-state index in [2.05, 4.69) is 50.9 Å². The highest BCUT2D eigenvalue weighted by atomic mass is 32.1. The van der Waals surface area contributed by atoms with Crippen molar-refractivity contribution in [2.24, 2.45) is 0 Å². The lowest BCUT2D eigenvalue weighted by atomic mass is 9.98. The minimum absolute atomic E-state index is 0.0955. The van der Waals surface area contributed by atoms with Crippen LogP contribution in [0.3, 0.4) is 0 Å². The highest BCUT2D eigenvalue weighted by Crippen LogP contribution is 2.33. The minimum atomic E-state index is 0.0955. The Hall–Kier alpha value is -1.22. The van der Waals surface area contributed by atoms with Gasteiger partial charge >= 0.3 is 0 Å². The van der Waals surface area contributed by atoms with Crippen molar-refractivity contribution in [1.82, 2.24) is 4.98 Å². The molecule has 0 aliphatic carbocycles. The molecule has 3 heteroatoms. The number of aromatic nitrogens is 1. The number of fused-ring (bicyclic) bond motifs is 1. The summed E-state index contributed by atoms with van der Waals surface area (Å²) in [6, 6.07) is 6.33. The predicted octanol–water partition coefficient (Wildman–Crippen LogP) is 4.29. The number of rotatable bonds is 3. The molecule has 18 heavy (non-hydrogen) atoms. The van der Waals surface area contributed by atoms with Gasteiger partial charge in [0.1, 0.15) is 6.29 Å². The lowest BCUT2D eigenvalue weighted by molar-refractivity contribution is -0.108. The van der Waals surface area contributed by atoms with E-state index in [0.29, 0.717) is 6.42 Å². The van der Waals surface area contributed by atoms with Gasteiger partial charge in [-0.15, -0.1) is 11.3 Å². The van der Waals surface area contributed by atoms with Gasteiger partial charge in [-0.1, -0.05) is 33.8 Å². The molecule has 2 rings (SSSR count). The molecule has 1 atom stereocenters. The molecule has 1 aromatic carbocycles. The van der Waals surface area contributed by atoms with Crippen LogP contribution in [0.4, 0.5) is 0 Å². The summed E-state index contributed by atoms with van der Waals surface area (Å²) in [7, 11) is 0. The molecule has 1 heterocycles. The van der Waals surface area contributed by atoms with Gasteiger partial charge in [0.05, 0.1) is 15.2 Å². The van der Waals surface area contributed by atoms with Crippen LogP contribution in [-0.2, 0) is 10.2 Å². The fourth-order valence-corrected chi connectivity index (χ4v) is 2.92. The number of aldehydes is 1. The maximum atomic E-state index is 10.6. The van der Waals surface area contributed by atoms with Crippen LogP contribution in [0.15, 0.2) is 18.2 Å². The van der Waals surface area contributed by atoms with Crippen LogP contribution in [0, 0.1) is 0 Å². The second kappa shape index (κ2) is 4.81. The Morgan fingerprint density at radius 2 is 2.11 bits per heavy atom. The number of carbonyl (C=O) groups excluding carboxylic acids is 1. The summed E-state index contributed by atoms with van der Waals surface area (Å²) in [5, 5.41) is 1.16. The molecule has 0 spiro atoms. The van der Waals surface area contributed by atoms with Crippen molar-refractivity contribution in [3.63, 3.8) is 0 Å². The standard InChI is InChI=1S/C15H19NOS/c1-10(7-8-17)11-5-6-12-13(9-11)18-14(16-12)15(2,3)4/h5-6,8-10H,7H2,1-4H3. The summed E-state index contributed by atoms with van der Waals surface area (Å²) >= 11 is 1.75. The molecule has 0 bridgehead atoms. The number of benzene rings is 1. The van der Waals surface area contributed by atoms with E-state index in [4.69, 9.17) is 0 Å². The zero-order valence-corrected chi connectivity index (χ0v) is 12.2. The van der Waals surface area contributed by atoms with Crippen molar-refractivity contribution in [2.75, 3.05) is 0 Å². The van der Waals surface area contributed by atoms with Crippen molar-refractivity contribution < 1.29 is 4.79 Å². The second-order valence-electron chi connectivity index (χ2n) is 5.80.